The maximum atomic E-state index is 13.2. The molecule has 0 saturated carbocycles. The normalized spacial score (nSPS) is 12.4. The van der Waals surface area contributed by atoms with Gasteiger partial charge in [0, 0.05) is 38.5 Å². The number of hydrogen-bond donors (Lipinski definition) is 1. The van der Waals surface area contributed by atoms with E-state index in [9.17, 15) is 9.59 Å². The van der Waals surface area contributed by atoms with Gasteiger partial charge >= 0.3 is 0 Å². The Morgan fingerprint density at radius 1 is 1.06 bits per heavy atom. The van der Waals surface area contributed by atoms with Gasteiger partial charge in [-0.25, -0.2) is 0 Å². The molecule has 0 radical (unpaired) electrons. The SMILES string of the molecule is C[C@H](C(=O)NC(C)(C)C)N(Cc1c(Cl)cccc1Cl)C(=O)CSCc1cccc(Cl)c1. The Hall–Kier alpha value is -1.40. The van der Waals surface area contributed by atoms with Crippen LogP contribution in [-0.4, -0.2) is 34.0 Å². The van der Waals surface area contributed by atoms with Crippen molar-refractivity contribution in [1.82, 2.24) is 10.2 Å². The van der Waals surface area contributed by atoms with Crippen LogP contribution in [0, 0.1) is 0 Å². The van der Waals surface area contributed by atoms with Crippen molar-refractivity contribution in [2.45, 2.75) is 51.6 Å². The van der Waals surface area contributed by atoms with Crippen molar-refractivity contribution < 1.29 is 9.59 Å². The van der Waals surface area contributed by atoms with Crippen molar-refractivity contribution in [3.63, 3.8) is 0 Å². The van der Waals surface area contributed by atoms with Gasteiger partial charge < -0.3 is 10.2 Å². The van der Waals surface area contributed by atoms with E-state index in [-0.39, 0.29) is 24.1 Å². The van der Waals surface area contributed by atoms with Crippen LogP contribution in [0.15, 0.2) is 42.5 Å². The zero-order valence-corrected chi connectivity index (χ0v) is 21.1. The largest absolute Gasteiger partial charge is 0.350 e. The molecule has 0 bridgehead atoms. The lowest BCUT2D eigenvalue weighted by Gasteiger charge is -2.32. The third-order valence-corrected chi connectivity index (χ3v) is 6.37. The third kappa shape index (κ3) is 8.23. The molecule has 0 fully saturated rings. The van der Waals surface area contributed by atoms with Gasteiger partial charge in [-0.3, -0.25) is 9.59 Å². The third-order valence-electron chi connectivity index (χ3n) is 4.44. The minimum absolute atomic E-state index is 0.147. The molecule has 2 aromatic carbocycles. The fraction of sp³-hybridized carbons (Fsp3) is 0.391. The highest BCUT2D eigenvalue weighted by atomic mass is 35.5. The molecule has 31 heavy (non-hydrogen) atoms. The smallest absolute Gasteiger partial charge is 0.242 e. The number of nitrogens with zero attached hydrogens (tertiary/aromatic N) is 1. The van der Waals surface area contributed by atoms with Crippen molar-refractivity contribution in [3.05, 3.63) is 68.7 Å². The highest BCUT2D eigenvalue weighted by molar-refractivity contribution is 7.99. The molecule has 0 aliphatic rings. The molecule has 2 amide bonds. The van der Waals surface area contributed by atoms with Gasteiger partial charge in [0.2, 0.25) is 11.8 Å². The van der Waals surface area contributed by atoms with Crippen molar-refractivity contribution >= 4 is 58.4 Å². The minimum atomic E-state index is -0.689. The molecule has 8 heteroatoms. The number of hydrogen-bond acceptors (Lipinski definition) is 3. The predicted octanol–water partition coefficient (Wildman–Crippen LogP) is 6.21. The average molecular weight is 502 g/mol. The van der Waals surface area contributed by atoms with Crippen LogP contribution in [0.4, 0.5) is 0 Å². The summed E-state index contributed by atoms with van der Waals surface area (Å²) in [7, 11) is 0. The molecule has 0 aliphatic heterocycles. The van der Waals surface area contributed by atoms with Crippen molar-refractivity contribution in [2.24, 2.45) is 0 Å². The van der Waals surface area contributed by atoms with E-state index in [1.54, 1.807) is 25.1 Å². The summed E-state index contributed by atoms with van der Waals surface area (Å²) in [5.41, 5.74) is 1.24. The Morgan fingerprint density at radius 3 is 2.26 bits per heavy atom. The molecular weight excluding hydrogens is 475 g/mol. The topological polar surface area (TPSA) is 49.4 Å². The quantitative estimate of drug-likeness (QED) is 0.468. The molecule has 2 rings (SSSR count). The summed E-state index contributed by atoms with van der Waals surface area (Å²) >= 11 is 20.2. The van der Waals surface area contributed by atoms with Gasteiger partial charge in [-0.2, -0.15) is 0 Å². The van der Waals surface area contributed by atoms with E-state index in [1.165, 1.54) is 16.7 Å². The lowest BCUT2D eigenvalue weighted by molar-refractivity contribution is -0.139. The molecule has 1 atom stereocenters. The zero-order valence-electron chi connectivity index (χ0n) is 18.0. The van der Waals surface area contributed by atoms with Crippen LogP contribution in [0.2, 0.25) is 15.1 Å². The van der Waals surface area contributed by atoms with Crippen LogP contribution in [-0.2, 0) is 21.9 Å². The first-order chi connectivity index (χ1) is 14.5. The van der Waals surface area contributed by atoms with E-state index >= 15 is 0 Å². The number of carbonyl (C=O) groups is 2. The first-order valence-electron chi connectivity index (χ1n) is 9.84. The minimum Gasteiger partial charge on any atom is -0.350 e. The van der Waals surface area contributed by atoms with E-state index < -0.39 is 11.6 Å². The maximum Gasteiger partial charge on any atom is 0.242 e. The molecule has 2 aromatic rings. The fourth-order valence-electron chi connectivity index (χ4n) is 2.88. The average Bonchev–Trinajstić information content (AvgIpc) is 2.66. The first kappa shape index (κ1) is 25.9. The van der Waals surface area contributed by atoms with Gasteiger partial charge in [0.1, 0.15) is 6.04 Å². The van der Waals surface area contributed by atoms with Crippen LogP contribution < -0.4 is 5.32 Å². The van der Waals surface area contributed by atoms with Crippen molar-refractivity contribution in [3.8, 4) is 0 Å². The first-order valence-corrected chi connectivity index (χ1v) is 12.1. The van der Waals surface area contributed by atoms with E-state index in [2.05, 4.69) is 5.32 Å². The Labute approximate surface area is 203 Å². The molecule has 0 spiro atoms. The van der Waals surface area contributed by atoms with Crippen molar-refractivity contribution in [1.29, 1.82) is 0 Å². The Balaban J connectivity index is 2.17. The number of benzene rings is 2. The van der Waals surface area contributed by atoms with Crippen LogP contribution >= 0.6 is 46.6 Å². The second-order valence-electron chi connectivity index (χ2n) is 8.26. The second-order valence-corrected chi connectivity index (χ2v) is 10.5. The summed E-state index contributed by atoms with van der Waals surface area (Å²) in [5.74, 6) is 0.445. The van der Waals surface area contributed by atoms with E-state index in [4.69, 9.17) is 34.8 Å². The lowest BCUT2D eigenvalue weighted by Crippen LogP contribution is -2.52. The van der Waals surface area contributed by atoms with Gasteiger partial charge in [0.05, 0.1) is 5.75 Å². The molecule has 0 heterocycles. The van der Waals surface area contributed by atoms with Gasteiger partial charge in [-0.1, -0.05) is 53.0 Å². The van der Waals surface area contributed by atoms with E-state index in [0.717, 1.165) is 5.56 Å². The van der Waals surface area contributed by atoms with Gasteiger partial charge in [-0.15, -0.1) is 11.8 Å². The summed E-state index contributed by atoms with van der Waals surface area (Å²) in [4.78, 5) is 27.5. The highest BCUT2D eigenvalue weighted by Gasteiger charge is 2.29. The van der Waals surface area contributed by atoms with Gasteiger partial charge in [0.15, 0.2) is 0 Å². The molecular formula is C23H27Cl3N2O2S. The van der Waals surface area contributed by atoms with Crippen molar-refractivity contribution in [2.75, 3.05) is 5.75 Å². The fourth-order valence-corrected chi connectivity index (χ4v) is 4.46. The number of thioether (sulfide) groups is 1. The highest BCUT2D eigenvalue weighted by Crippen LogP contribution is 2.27. The molecule has 1 N–H and O–H groups in total. The molecule has 168 valence electrons. The monoisotopic (exact) mass is 500 g/mol. The lowest BCUT2D eigenvalue weighted by atomic mass is 10.1. The molecule has 0 saturated heterocycles. The molecule has 4 nitrogen and oxygen atoms in total. The van der Waals surface area contributed by atoms with E-state index in [1.807, 2.05) is 45.0 Å². The summed E-state index contributed by atoms with van der Waals surface area (Å²) in [6, 6.07) is 12.0. The Bertz CT molecular complexity index is 911. The molecule has 0 unspecified atom stereocenters. The Morgan fingerprint density at radius 2 is 1.68 bits per heavy atom. The van der Waals surface area contributed by atoms with E-state index in [0.29, 0.717) is 26.4 Å². The van der Waals surface area contributed by atoms with Crippen LogP contribution in [0.25, 0.3) is 0 Å². The maximum absolute atomic E-state index is 13.2. The number of carbonyl (C=O) groups excluding carboxylic acids is 2. The van der Waals surface area contributed by atoms with Gasteiger partial charge in [-0.05, 0) is 57.5 Å². The van der Waals surface area contributed by atoms with Crippen LogP contribution in [0.3, 0.4) is 0 Å². The summed E-state index contributed by atoms with van der Waals surface area (Å²) < 4.78 is 0. The van der Waals surface area contributed by atoms with Crippen LogP contribution in [0.5, 0.6) is 0 Å². The number of rotatable bonds is 8. The second kappa shape index (κ2) is 11.5. The number of halogens is 3. The Kier molecular flexibility index (Phi) is 9.56. The number of amides is 2. The van der Waals surface area contributed by atoms with Gasteiger partial charge in [0.25, 0.3) is 0 Å². The zero-order chi connectivity index (χ0) is 23.2. The molecule has 0 aromatic heterocycles. The summed E-state index contributed by atoms with van der Waals surface area (Å²) in [5, 5.41) is 4.51. The van der Waals surface area contributed by atoms with Crippen LogP contribution in [0.1, 0.15) is 38.8 Å². The predicted molar refractivity (Wildman–Crippen MR) is 132 cm³/mol. The number of nitrogens with one attached hydrogen (secondary N) is 1. The summed E-state index contributed by atoms with van der Waals surface area (Å²) in [6.07, 6.45) is 0. The standard InChI is InChI=1S/C23H27Cl3N2O2S/c1-15(22(30)27-23(2,3)4)28(12-18-19(25)9-6-10-20(18)26)21(29)14-31-13-16-7-5-8-17(24)11-16/h5-11,15H,12-14H2,1-4H3,(H,27,30)/t15-/m1/s1. The molecule has 0 aliphatic carbocycles. The summed E-state index contributed by atoms with van der Waals surface area (Å²) in [6.45, 7) is 7.56.